The highest BCUT2D eigenvalue weighted by atomic mass is 16.5. The standard InChI is InChI=1S/C14H13NO4/c1-2-19-14(18)9-13(17)15-8-7-12(16)10-5-3-4-6-11(10)15/h3-8H,2,9H2,1H3. The van der Waals surface area contributed by atoms with Gasteiger partial charge < -0.3 is 4.74 Å². The van der Waals surface area contributed by atoms with Crippen LogP contribution < -0.4 is 5.43 Å². The number of rotatable bonds is 3. The van der Waals surface area contributed by atoms with Crippen molar-refractivity contribution in [1.29, 1.82) is 0 Å². The Hall–Kier alpha value is -2.43. The Kier molecular flexibility index (Phi) is 3.75. The SMILES string of the molecule is CCOC(=O)CC(=O)n1ccc(=O)c2ccccc21. The molecular weight excluding hydrogens is 246 g/mol. The number of para-hydroxylation sites is 1. The van der Waals surface area contributed by atoms with Crippen LogP contribution >= 0.6 is 0 Å². The third-order valence-electron chi connectivity index (χ3n) is 2.67. The molecule has 0 unspecified atom stereocenters. The number of hydrogen-bond acceptors (Lipinski definition) is 4. The lowest BCUT2D eigenvalue weighted by molar-refractivity contribution is -0.142. The number of pyridine rings is 1. The van der Waals surface area contributed by atoms with Gasteiger partial charge in [-0.1, -0.05) is 12.1 Å². The van der Waals surface area contributed by atoms with E-state index < -0.39 is 11.9 Å². The average molecular weight is 259 g/mol. The second kappa shape index (κ2) is 5.48. The topological polar surface area (TPSA) is 65.4 Å². The minimum Gasteiger partial charge on any atom is -0.466 e. The van der Waals surface area contributed by atoms with Gasteiger partial charge in [-0.05, 0) is 19.1 Å². The summed E-state index contributed by atoms with van der Waals surface area (Å²) in [7, 11) is 0. The number of benzene rings is 1. The highest BCUT2D eigenvalue weighted by Gasteiger charge is 2.14. The second-order valence-corrected chi connectivity index (χ2v) is 3.94. The molecule has 0 aliphatic rings. The van der Waals surface area contributed by atoms with Crippen LogP contribution in [0, 0.1) is 0 Å². The Morgan fingerprint density at radius 3 is 2.68 bits per heavy atom. The van der Waals surface area contributed by atoms with Crippen LogP contribution in [0.25, 0.3) is 10.9 Å². The van der Waals surface area contributed by atoms with Gasteiger partial charge in [0.05, 0.1) is 12.1 Å². The maximum atomic E-state index is 12.0. The molecular formula is C14H13NO4. The lowest BCUT2D eigenvalue weighted by Gasteiger charge is -2.08. The fraction of sp³-hybridized carbons (Fsp3) is 0.214. The molecule has 0 fully saturated rings. The Bertz CT molecular complexity index is 687. The molecule has 98 valence electrons. The van der Waals surface area contributed by atoms with Gasteiger partial charge in [-0.2, -0.15) is 0 Å². The van der Waals surface area contributed by atoms with E-state index in [1.54, 1.807) is 31.2 Å². The summed E-state index contributed by atoms with van der Waals surface area (Å²) in [6.07, 6.45) is 1.03. The minimum absolute atomic E-state index is 0.157. The van der Waals surface area contributed by atoms with E-state index >= 15 is 0 Å². The summed E-state index contributed by atoms with van der Waals surface area (Å²) < 4.78 is 6.03. The molecule has 1 aromatic carbocycles. The average Bonchev–Trinajstić information content (AvgIpc) is 2.39. The number of fused-ring (bicyclic) bond motifs is 1. The summed E-state index contributed by atoms with van der Waals surface area (Å²) >= 11 is 0. The first kappa shape index (κ1) is 13.0. The molecule has 0 radical (unpaired) electrons. The van der Waals surface area contributed by atoms with Gasteiger partial charge in [0.25, 0.3) is 0 Å². The molecule has 0 aliphatic heterocycles. The first-order valence-electron chi connectivity index (χ1n) is 5.92. The molecule has 0 spiro atoms. The number of esters is 1. The van der Waals surface area contributed by atoms with Crippen LogP contribution in [-0.2, 0) is 9.53 Å². The van der Waals surface area contributed by atoms with E-state index in [1.807, 2.05) is 0 Å². The van der Waals surface area contributed by atoms with E-state index in [0.29, 0.717) is 10.9 Å². The van der Waals surface area contributed by atoms with Gasteiger partial charge in [-0.25, -0.2) is 0 Å². The van der Waals surface area contributed by atoms with E-state index in [2.05, 4.69) is 0 Å². The van der Waals surface area contributed by atoms with Crippen molar-refractivity contribution in [3.05, 3.63) is 46.8 Å². The molecule has 0 amide bonds. The van der Waals surface area contributed by atoms with Crippen molar-refractivity contribution < 1.29 is 14.3 Å². The molecule has 2 rings (SSSR count). The van der Waals surface area contributed by atoms with Crippen LogP contribution in [-0.4, -0.2) is 23.1 Å². The van der Waals surface area contributed by atoms with Crippen LogP contribution in [0.2, 0.25) is 0 Å². The first-order valence-corrected chi connectivity index (χ1v) is 5.92. The Morgan fingerprint density at radius 1 is 1.21 bits per heavy atom. The summed E-state index contributed by atoms with van der Waals surface area (Å²) in [5, 5.41) is 0.446. The molecule has 2 aromatic rings. The monoisotopic (exact) mass is 259 g/mol. The Morgan fingerprint density at radius 2 is 1.95 bits per heavy atom. The summed E-state index contributed by atoms with van der Waals surface area (Å²) in [6, 6.07) is 8.08. The third kappa shape index (κ3) is 2.70. The second-order valence-electron chi connectivity index (χ2n) is 3.94. The van der Waals surface area contributed by atoms with Crippen molar-refractivity contribution in [1.82, 2.24) is 4.57 Å². The molecule has 0 bridgehead atoms. The molecule has 0 N–H and O–H groups in total. The summed E-state index contributed by atoms with van der Waals surface area (Å²) in [6.45, 7) is 1.91. The van der Waals surface area contributed by atoms with Crippen molar-refractivity contribution in [2.45, 2.75) is 13.3 Å². The number of ether oxygens (including phenoxy) is 1. The van der Waals surface area contributed by atoms with Crippen LogP contribution in [0.3, 0.4) is 0 Å². The van der Waals surface area contributed by atoms with Gasteiger partial charge >= 0.3 is 5.97 Å². The Balaban J connectivity index is 2.40. The van der Waals surface area contributed by atoms with Gasteiger partial charge in [-0.15, -0.1) is 0 Å². The van der Waals surface area contributed by atoms with E-state index in [9.17, 15) is 14.4 Å². The summed E-state index contributed by atoms with van der Waals surface area (Å²) in [5.74, 6) is -0.995. The van der Waals surface area contributed by atoms with Gasteiger partial charge in [0.1, 0.15) is 6.42 Å². The third-order valence-corrected chi connectivity index (χ3v) is 2.67. The summed E-state index contributed by atoms with van der Waals surface area (Å²) in [4.78, 5) is 35.0. The molecule has 1 aromatic heterocycles. The van der Waals surface area contributed by atoms with Gasteiger partial charge in [-0.3, -0.25) is 19.0 Å². The molecule has 0 aliphatic carbocycles. The largest absolute Gasteiger partial charge is 0.466 e. The quantitative estimate of drug-likeness (QED) is 0.620. The molecule has 0 atom stereocenters. The van der Waals surface area contributed by atoms with Crippen molar-refractivity contribution >= 4 is 22.8 Å². The fourth-order valence-corrected chi connectivity index (χ4v) is 1.84. The number of aromatic nitrogens is 1. The van der Waals surface area contributed by atoms with Crippen LogP contribution in [0.4, 0.5) is 0 Å². The zero-order valence-electron chi connectivity index (χ0n) is 10.5. The molecule has 5 nitrogen and oxygen atoms in total. The molecule has 5 heteroatoms. The Labute approximate surface area is 109 Å². The van der Waals surface area contributed by atoms with Gasteiger partial charge in [0.2, 0.25) is 5.91 Å². The first-order chi connectivity index (χ1) is 9.13. The zero-order chi connectivity index (χ0) is 13.8. The van der Waals surface area contributed by atoms with E-state index in [-0.39, 0.29) is 18.5 Å². The molecule has 19 heavy (non-hydrogen) atoms. The maximum absolute atomic E-state index is 12.0. The molecule has 0 saturated heterocycles. The van der Waals surface area contributed by atoms with Crippen molar-refractivity contribution in [3.63, 3.8) is 0 Å². The van der Waals surface area contributed by atoms with Crippen LogP contribution in [0.15, 0.2) is 41.3 Å². The number of hydrogen-bond donors (Lipinski definition) is 0. The van der Waals surface area contributed by atoms with Crippen LogP contribution in [0.5, 0.6) is 0 Å². The predicted octanol–water partition coefficient (Wildman–Crippen LogP) is 1.59. The number of carbonyl (C=O) groups excluding carboxylic acids is 2. The number of carbonyl (C=O) groups is 2. The summed E-state index contributed by atoms with van der Waals surface area (Å²) in [5.41, 5.74) is 0.333. The fourth-order valence-electron chi connectivity index (χ4n) is 1.84. The van der Waals surface area contributed by atoms with E-state index in [0.717, 1.165) is 0 Å². The molecule has 0 saturated carbocycles. The highest BCUT2D eigenvalue weighted by Crippen LogP contribution is 2.10. The zero-order valence-corrected chi connectivity index (χ0v) is 10.5. The smallest absolute Gasteiger partial charge is 0.315 e. The van der Waals surface area contributed by atoms with Crippen LogP contribution in [0.1, 0.15) is 18.1 Å². The van der Waals surface area contributed by atoms with E-state index in [1.165, 1.54) is 16.8 Å². The van der Waals surface area contributed by atoms with Crippen molar-refractivity contribution in [2.24, 2.45) is 0 Å². The predicted molar refractivity (Wildman–Crippen MR) is 70.1 cm³/mol. The lowest BCUT2D eigenvalue weighted by atomic mass is 10.2. The minimum atomic E-state index is -0.574. The lowest BCUT2D eigenvalue weighted by Crippen LogP contribution is -2.19. The maximum Gasteiger partial charge on any atom is 0.315 e. The highest BCUT2D eigenvalue weighted by molar-refractivity contribution is 5.99. The molecule has 1 heterocycles. The van der Waals surface area contributed by atoms with E-state index in [4.69, 9.17) is 4.74 Å². The van der Waals surface area contributed by atoms with Crippen molar-refractivity contribution in [3.8, 4) is 0 Å². The van der Waals surface area contributed by atoms with Gasteiger partial charge in [0, 0.05) is 17.6 Å². The van der Waals surface area contributed by atoms with Gasteiger partial charge in [0.15, 0.2) is 5.43 Å². The number of nitrogens with zero attached hydrogens (tertiary/aromatic N) is 1. The normalized spacial score (nSPS) is 10.4. The van der Waals surface area contributed by atoms with Crippen molar-refractivity contribution in [2.75, 3.05) is 6.61 Å².